The summed E-state index contributed by atoms with van der Waals surface area (Å²) in [6.07, 6.45) is 2.97. The van der Waals surface area contributed by atoms with Gasteiger partial charge in [0.15, 0.2) is 0 Å². The normalized spacial score (nSPS) is 12.5. The smallest absolute Gasteiger partial charge is 0.373 e. The molecule has 0 saturated carbocycles. The molecule has 258 valence electrons. The first-order valence-corrected chi connectivity index (χ1v) is 15.5. The molecule has 2 atom stereocenters. The highest BCUT2D eigenvalue weighted by molar-refractivity contribution is 9.12. The van der Waals surface area contributed by atoms with E-state index >= 15 is 0 Å². The van der Waals surface area contributed by atoms with Gasteiger partial charge >= 0.3 is 12.1 Å². The van der Waals surface area contributed by atoms with Gasteiger partial charge in [-0.2, -0.15) is 9.59 Å². The summed E-state index contributed by atoms with van der Waals surface area (Å²) in [6, 6.07) is 5.09. The number of methoxy groups -OCH3 is 1. The average Bonchev–Trinajstić information content (AvgIpc) is 2.97. The Labute approximate surface area is 278 Å². The number of esters is 1. The fraction of sp³-hybridized carbons (Fsp3) is 0.581. The monoisotopic (exact) mass is 714 g/mol. The van der Waals surface area contributed by atoms with Crippen molar-refractivity contribution in [1.29, 1.82) is 0 Å². The number of ether oxygens (including phenoxy) is 3. The van der Waals surface area contributed by atoms with Crippen molar-refractivity contribution in [3.63, 3.8) is 0 Å². The molecule has 15 heteroatoms. The van der Waals surface area contributed by atoms with Gasteiger partial charge in [0.25, 0.3) is 5.91 Å². The lowest BCUT2D eigenvalue weighted by Gasteiger charge is -2.29. The van der Waals surface area contributed by atoms with E-state index in [4.69, 9.17) is 24.8 Å². The van der Waals surface area contributed by atoms with Crippen LogP contribution in [0.4, 0.5) is 5.69 Å². The second-order valence-corrected chi connectivity index (χ2v) is 12.1. The maximum Gasteiger partial charge on any atom is 0.373 e. The number of rotatable bonds is 19. The Kier molecular flexibility index (Phi) is 21.8. The van der Waals surface area contributed by atoms with Crippen LogP contribution in [0.5, 0.6) is 5.75 Å². The van der Waals surface area contributed by atoms with Gasteiger partial charge in [-0.25, -0.2) is 0 Å². The summed E-state index contributed by atoms with van der Waals surface area (Å²) >= 11 is 3.02. The van der Waals surface area contributed by atoms with Crippen LogP contribution < -0.4 is 21.7 Å². The maximum absolute atomic E-state index is 12.4. The van der Waals surface area contributed by atoms with E-state index in [-0.39, 0.29) is 86.1 Å². The van der Waals surface area contributed by atoms with E-state index in [1.165, 1.54) is 7.11 Å². The molecule has 0 spiro atoms. The maximum atomic E-state index is 12.4. The van der Waals surface area contributed by atoms with E-state index in [1.54, 1.807) is 12.1 Å². The average molecular weight is 716 g/mol. The van der Waals surface area contributed by atoms with Crippen LogP contribution in [0.3, 0.4) is 0 Å². The van der Waals surface area contributed by atoms with Crippen LogP contribution in [0.2, 0.25) is 0 Å². The molecule has 0 aliphatic rings. The summed E-state index contributed by atoms with van der Waals surface area (Å²) in [7, 11) is 1.25. The molecule has 0 aliphatic heterocycles. The number of amides is 3. The molecule has 3 amide bonds. The number of carbonyl (C=O) groups excluding carboxylic acids is 6. The van der Waals surface area contributed by atoms with Gasteiger partial charge in [0.1, 0.15) is 5.75 Å². The summed E-state index contributed by atoms with van der Waals surface area (Å²) in [6.45, 7) is 9.99. The van der Waals surface area contributed by atoms with Crippen molar-refractivity contribution in [2.75, 3.05) is 51.9 Å². The summed E-state index contributed by atoms with van der Waals surface area (Å²) in [4.78, 5) is 63.4. The third kappa shape index (κ3) is 20.4. The van der Waals surface area contributed by atoms with Crippen molar-refractivity contribution in [3.8, 4) is 5.75 Å². The number of hydrogen-bond acceptors (Lipinski definition) is 11. The first kappa shape index (κ1) is 42.4. The van der Waals surface area contributed by atoms with Gasteiger partial charge in [0, 0.05) is 25.2 Å². The Morgan fingerprint density at radius 3 is 2.26 bits per heavy atom. The fourth-order valence-electron chi connectivity index (χ4n) is 3.65. The van der Waals surface area contributed by atoms with Gasteiger partial charge in [-0.05, 0) is 57.8 Å². The van der Waals surface area contributed by atoms with Gasteiger partial charge in [0.05, 0.1) is 56.5 Å². The SMILES string of the molecule is COC(=O)CCNC(=O)/C(Br)=C\C(=O)NCCOCCOCCC(=O)Nc1cc(C[C@H](N)CC(C)C(C)(C)C)ccc1O.O=C=O. The van der Waals surface area contributed by atoms with Crippen molar-refractivity contribution in [1.82, 2.24) is 10.6 Å². The van der Waals surface area contributed by atoms with Crippen molar-refractivity contribution >= 4 is 51.5 Å². The molecule has 1 aromatic carbocycles. The molecule has 46 heavy (non-hydrogen) atoms. The van der Waals surface area contributed by atoms with Gasteiger partial charge in [0.2, 0.25) is 11.8 Å². The van der Waals surface area contributed by atoms with E-state index in [9.17, 15) is 24.3 Å². The van der Waals surface area contributed by atoms with Crippen LogP contribution in [-0.2, 0) is 49.4 Å². The molecule has 0 aromatic heterocycles. The van der Waals surface area contributed by atoms with Crippen molar-refractivity contribution in [2.24, 2.45) is 17.1 Å². The highest BCUT2D eigenvalue weighted by atomic mass is 79.9. The first-order valence-electron chi connectivity index (χ1n) is 14.7. The van der Waals surface area contributed by atoms with Crippen LogP contribution in [-0.4, -0.2) is 87.6 Å². The largest absolute Gasteiger partial charge is 0.506 e. The lowest BCUT2D eigenvalue weighted by atomic mass is 9.78. The summed E-state index contributed by atoms with van der Waals surface area (Å²) in [5.41, 5.74) is 7.81. The Hall–Kier alpha value is -3.62. The second kappa shape index (κ2) is 23.7. The lowest BCUT2D eigenvalue weighted by molar-refractivity contribution is -0.191. The van der Waals surface area contributed by atoms with E-state index in [0.717, 1.165) is 18.1 Å². The lowest BCUT2D eigenvalue weighted by Crippen LogP contribution is -2.30. The predicted molar refractivity (Wildman–Crippen MR) is 173 cm³/mol. The van der Waals surface area contributed by atoms with E-state index in [0.29, 0.717) is 18.0 Å². The molecule has 1 aromatic rings. The van der Waals surface area contributed by atoms with Crippen molar-refractivity contribution in [3.05, 3.63) is 34.3 Å². The third-order valence-electron chi connectivity index (χ3n) is 6.68. The van der Waals surface area contributed by atoms with Crippen LogP contribution >= 0.6 is 15.9 Å². The van der Waals surface area contributed by atoms with Gasteiger partial charge in [-0.15, -0.1) is 0 Å². The van der Waals surface area contributed by atoms with Gasteiger partial charge in [-0.3, -0.25) is 19.2 Å². The number of phenols is 1. The molecule has 14 nitrogen and oxygen atoms in total. The Balaban J connectivity index is 0.00000647. The summed E-state index contributed by atoms with van der Waals surface area (Å²) in [5, 5.41) is 18.0. The van der Waals surface area contributed by atoms with Crippen molar-refractivity contribution < 1.29 is 48.1 Å². The Morgan fingerprint density at radius 2 is 1.65 bits per heavy atom. The number of halogens is 1. The minimum Gasteiger partial charge on any atom is -0.506 e. The van der Waals surface area contributed by atoms with Gasteiger partial charge in [-0.1, -0.05) is 33.8 Å². The van der Waals surface area contributed by atoms with Crippen molar-refractivity contribution in [2.45, 2.75) is 59.4 Å². The molecule has 6 N–H and O–H groups in total. The minimum atomic E-state index is -0.534. The number of carbonyl (C=O) groups is 4. The number of nitrogens with one attached hydrogen (secondary N) is 3. The molecule has 1 unspecified atom stereocenters. The van der Waals surface area contributed by atoms with Gasteiger partial charge < -0.3 is 41.0 Å². The topological polar surface area (TPSA) is 212 Å². The molecule has 0 aliphatic carbocycles. The molecular weight excluding hydrogens is 668 g/mol. The molecular formula is C31H47BrN4O10. The number of phenolic OH excluding ortho intramolecular Hbond substituents is 1. The number of hydrogen-bond donors (Lipinski definition) is 5. The van der Waals surface area contributed by atoms with E-state index in [2.05, 4.69) is 64.3 Å². The standard InChI is InChI=1S/C30H47BrN4O8.CO2/c1-20(30(2,3)4)16-22(32)17-21-6-7-25(36)24(18-21)35-26(37)9-12-42-14-15-43-13-11-33-27(38)19-23(31)29(40)34-10-8-28(39)41-5;2-1-3/h6-7,18-20,22,36H,8-17,32H2,1-5H3,(H,33,38)(H,34,40)(H,35,37);/b23-19+;/t20?,22-;/m1./s1. The molecule has 0 saturated heterocycles. The zero-order chi connectivity index (χ0) is 35.1. The number of nitrogens with two attached hydrogens (primary N) is 1. The highest BCUT2D eigenvalue weighted by Crippen LogP contribution is 2.30. The van der Waals surface area contributed by atoms with Crippen LogP contribution in [0, 0.1) is 11.3 Å². The first-order chi connectivity index (χ1) is 21.6. The zero-order valence-corrected chi connectivity index (χ0v) is 28.7. The molecule has 0 heterocycles. The van der Waals surface area contributed by atoms with E-state index < -0.39 is 17.8 Å². The fourth-order valence-corrected chi connectivity index (χ4v) is 3.99. The molecule has 0 radical (unpaired) electrons. The van der Waals surface area contributed by atoms with E-state index in [1.807, 2.05) is 6.07 Å². The zero-order valence-electron chi connectivity index (χ0n) is 27.1. The third-order valence-corrected chi connectivity index (χ3v) is 7.26. The molecule has 0 bridgehead atoms. The van der Waals surface area contributed by atoms with Crippen LogP contribution in [0.15, 0.2) is 28.8 Å². The summed E-state index contributed by atoms with van der Waals surface area (Å²) in [5.74, 6) is -1.34. The van der Waals surface area contributed by atoms with Crippen LogP contribution in [0.1, 0.15) is 52.5 Å². The predicted octanol–water partition coefficient (Wildman–Crippen LogP) is 2.19. The van der Waals surface area contributed by atoms with Crippen LogP contribution in [0.25, 0.3) is 0 Å². The molecule has 1 rings (SSSR count). The second-order valence-electron chi connectivity index (χ2n) is 11.3. The molecule has 0 fully saturated rings. The number of benzene rings is 1. The minimum absolute atomic E-state index is 0.0154. The Bertz CT molecular complexity index is 1180. The number of aromatic hydroxyl groups is 1. The quantitative estimate of drug-likeness (QED) is 0.0606. The highest BCUT2D eigenvalue weighted by Gasteiger charge is 2.22. The number of anilines is 1. The summed E-state index contributed by atoms with van der Waals surface area (Å²) < 4.78 is 15.3. The Morgan fingerprint density at radius 1 is 1.02 bits per heavy atom.